The second-order valence-corrected chi connectivity index (χ2v) is 9.28. The Labute approximate surface area is 161 Å². The molecule has 0 saturated heterocycles. The van der Waals surface area contributed by atoms with E-state index < -0.39 is 21.5 Å². The van der Waals surface area contributed by atoms with E-state index in [0.29, 0.717) is 10.6 Å². The zero-order valence-electron chi connectivity index (χ0n) is 15.5. The van der Waals surface area contributed by atoms with Crippen LogP contribution in [-0.2, 0) is 21.7 Å². The van der Waals surface area contributed by atoms with Gasteiger partial charge in [0.15, 0.2) is 14.6 Å². The van der Waals surface area contributed by atoms with Crippen molar-refractivity contribution in [2.45, 2.75) is 18.7 Å². The number of sulfone groups is 1. The van der Waals surface area contributed by atoms with Crippen molar-refractivity contribution in [3.8, 4) is 5.75 Å². The van der Waals surface area contributed by atoms with Gasteiger partial charge in [0.1, 0.15) is 11.5 Å². The molecule has 3 aromatic rings. The normalized spacial score (nSPS) is 12.5. The summed E-state index contributed by atoms with van der Waals surface area (Å²) in [5.41, 5.74) is 3.20. The van der Waals surface area contributed by atoms with Crippen LogP contribution in [0.5, 0.6) is 5.75 Å². The van der Waals surface area contributed by atoms with E-state index in [1.54, 1.807) is 12.1 Å². The number of fused-ring (bicyclic) bond motifs is 1. The zero-order valence-corrected chi connectivity index (χ0v) is 17.1. The van der Waals surface area contributed by atoms with Gasteiger partial charge < -0.3 is 9.30 Å². The van der Waals surface area contributed by atoms with Crippen LogP contribution in [0, 0.1) is 13.8 Å². The minimum Gasteiger partial charge on any atom is -0.497 e. The molecule has 3 rings (SSSR count). The van der Waals surface area contributed by atoms with Gasteiger partial charge in [0.25, 0.3) is 5.91 Å². The number of aryl methyl sites for hydroxylation is 3. The Morgan fingerprint density at radius 1 is 1.19 bits per heavy atom. The van der Waals surface area contributed by atoms with Gasteiger partial charge in [0.05, 0.1) is 22.2 Å². The largest absolute Gasteiger partial charge is 0.497 e. The van der Waals surface area contributed by atoms with Crippen molar-refractivity contribution in [3.63, 3.8) is 0 Å². The number of carbonyl (C=O) groups excluding carboxylic acids is 1. The molecule has 0 aliphatic heterocycles. The molecular weight excluding hydrogens is 384 g/mol. The topological polar surface area (TPSA) is 77.7 Å². The Morgan fingerprint density at radius 3 is 2.48 bits per heavy atom. The summed E-state index contributed by atoms with van der Waals surface area (Å²) in [6, 6.07) is 10.0. The van der Waals surface area contributed by atoms with Gasteiger partial charge in [-0.05, 0) is 55.3 Å². The molecule has 1 aromatic heterocycles. The summed E-state index contributed by atoms with van der Waals surface area (Å²) in [5, 5.41) is 0. The summed E-state index contributed by atoms with van der Waals surface area (Å²) in [4.78, 5) is 16.9. The quantitative estimate of drug-likeness (QED) is 0.670. The Bertz CT molecular complexity index is 1190. The fraction of sp³-hybridized carbons (Fsp3) is 0.263. The lowest BCUT2D eigenvalue weighted by atomic mass is 10.1. The average molecular weight is 405 g/mol. The lowest BCUT2D eigenvalue weighted by Gasteiger charge is -2.03. The Balaban J connectivity index is 1.93. The van der Waals surface area contributed by atoms with Gasteiger partial charge in [-0.25, -0.2) is 8.42 Å². The van der Waals surface area contributed by atoms with Crippen molar-refractivity contribution in [1.29, 1.82) is 0 Å². The van der Waals surface area contributed by atoms with Gasteiger partial charge in [0, 0.05) is 7.05 Å². The second kappa shape index (κ2) is 7.28. The van der Waals surface area contributed by atoms with Gasteiger partial charge in [0.2, 0.25) is 0 Å². The Hall–Kier alpha value is -2.45. The summed E-state index contributed by atoms with van der Waals surface area (Å²) in [7, 11) is -0.445. The molecule has 0 atom stereocenters. The number of rotatable bonds is 4. The predicted molar refractivity (Wildman–Crippen MR) is 106 cm³/mol. The second-order valence-electron chi connectivity index (χ2n) is 6.31. The molecule has 1 amide bonds. The van der Waals surface area contributed by atoms with Crippen molar-refractivity contribution in [1.82, 2.24) is 4.57 Å². The molecule has 1 heterocycles. The van der Waals surface area contributed by atoms with E-state index in [-0.39, 0.29) is 4.90 Å². The summed E-state index contributed by atoms with van der Waals surface area (Å²) >= 11 is 1.38. The van der Waals surface area contributed by atoms with Crippen LogP contribution in [0.25, 0.3) is 10.2 Å². The molecule has 0 saturated carbocycles. The molecule has 0 fully saturated rings. The van der Waals surface area contributed by atoms with E-state index in [9.17, 15) is 13.2 Å². The number of thiazole rings is 1. The number of benzene rings is 2. The maximum atomic E-state index is 12.5. The molecule has 0 bridgehead atoms. The summed E-state index contributed by atoms with van der Waals surface area (Å²) in [6.07, 6.45) is 0. The SMILES string of the molecule is COc1ccc(S(=O)(=O)CC(=O)N=c2sc3c(C)cc(C)cc3n2C)cc1. The van der Waals surface area contributed by atoms with E-state index in [0.717, 1.165) is 21.3 Å². The zero-order chi connectivity index (χ0) is 19.8. The Kier molecular flexibility index (Phi) is 5.21. The maximum absolute atomic E-state index is 12.5. The van der Waals surface area contributed by atoms with Crippen LogP contribution in [-0.4, -0.2) is 31.8 Å². The fourth-order valence-corrected chi connectivity index (χ4v) is 5.04. The standard InChI is InChI=1S/C19H20N2O4S2/c1-12-9-13(2)18-16(10-12)21(3)19(26-18)20-17(22)11-27(23,24)15-7-5-14(25-4)6-8-15/h5-10H,11H2,1-4H3. The van der Waals surface area contributed by atoms with E-state index in [1.165, 1.54) is 30.6 Å². The maximum Gasteiger partial charge on any atom is 0.263 e. The van der Waals surface area contributed by atoms with Crippen molar-refractivity contribution >= 4 is 37.3 Å². The fourth-order valence-electron chi connectivity index (χ4n) is 2.84. The minimum atomic E-state index is -3.77. The number of carbonyl (C=O) groups is 1. The van der Waals surface area contributed by atoms with Crippen LogP contribution in [0.1, 0.15) is 11.1 Å². The van der Waals surface area contributed by atoms with E-state index in [2.05, 4.69) is 11.1 Å². The molecule has 0 aliphatic rings. The molecule has 8 heteroatoms. The molecule has 0 aliphatic carbocycles. The van der Waals surface area contributed by atoms with Crippen molar-refractivity contribution in [2.24, 2.45) is 12.0 Å². The average Bonchev–Trinajstić information content (AvgIpc) is 2.91. The number of aromatic nitrogens is 1. The summed E-state index contributed by atoms with van der Waals surface area (Å²) in [5.74, 6) is -0.818. The summed E-state index contributed by atoms with van der Waals surface area (Å²) < 4.78 is 32.8. The van der Waals surface area contributed by atoms with E-state index in [1.807, 2.05) is 31.5 Å². The molecule has 2 aromatic carbocycles. The first-order valence-electron chi connectivity index (χ1n) is 8.22. The summed E-state index contributed by atoms with van der Waals surface area (Å²) in [6.45, 7) is 4.01. The van der Waals surface area contributed by atoms with Gasteiger partial charge in [-0.2, -0.15) is 4.99 Å². The van der Waals surface area contributed by atoms with Crippen LogP contribution in [0.15, 0.2) is 46.3 Å². The third-order valence-electron chi connectivity index (χ3n) is 4.19. The van der Waals surface area contributed by atoms with Crippen LogP contribution in [0.3, 0.4) is 0 Å². The van der Waals surface area contributed by atoms with Gasteiger partial charge in [-0.15, -0.1) is 0 Å². The van der Waals surface area contributed by atoms with Gasteiger partial charge >= 0.3 is 0 Å². The van der Waals surface area contributed by atoms with Crippen LogP contribution in [0.4, 0.5) is 0 Å². The molecule has 27 heavy (non-hydrogen) atoms. The van der Waals surface area contributed by atoms with Gasteiger partial charge in [-0.1, -0.05) is 17.4 Å². The number of nitrogens with zero attached hydrogens (tertiary/aromatic N) is 2. The number of hydrogen-bond donors (Lipinski definition) is 0. The van der Waals surface area contributed by atoms with Crippen LogP contribution < -0.4 is 9.54 Å². The first kappa shape index (κ1) is 19.3. The van der Waals surface area contributed by atoms with Gasteiger partial charge in [-0.3, -0.25) is 4.79 Å². The monoisotopic (exact) mass is 404 g/mol. The third-order valence-corrected chi connectivity index (χ3v) is 7.09. The number of methoxy groups -OCH3 is 1. The first-order chi connectivity index (χ1) is 12.7. The highest BCUT2D eigenvalue weighted by Gasteiger charge is 2.19. The molecule has 0 unspecified atom stereocenters. The first-order valence-corrected chi connectivity index (χ1v) is 10.7. The Morgan fingerprint density at radius 2 is 1.85 bits per heavy atom. The predicted octanol–water partition coefficient (Wildman–Crippen LogP) is 2.77. The molecule has 0 spiro atoms. The van der Waals surface area contributed by atoms with Crippen molar-refractivity contribution < 1.29 is 17.9 Å². The van der Waals surface area contributed by atoms with Crippen LogP contribution in [0.2, 0.25) is 0 Å². The lowest BCUT2D eigenvalue weighted by molar-refractivity contribution is -0.115. The third kappa shape index (κ3) is 3.96. The van der Waals surface area contributed by atoms with E-state index >= 15 is 0 Å². The van der Waals surface area contributed by atoms with Crippen molar-refractivity contribution in [2.75, 3.05) is 12.9 Å². The highest BCUT2D eigenvalue weighted by molar-refractivity contribution is 7.92. The lowest BCUT2D eigenvalue weighted by Crippen LogP contribution is -2.19. The highest BCUT2D eigenvalue weighted by atomic mass is 32.2. The number of ether oxygens (including phenoxy) is 1. The molecule has 0 N–H and O–H groups in total. The number of hydrogen-bond acceptors (Lipinski definition) is 5. The van der Waals surface area contributed by atoms with E-state index in [4.69, 9.17) is 4.74 Å². The minimum absolute atomic E-state index is 0.0686. The molecule has 142 valence electrons. The smallest absolute Gasteiger partial charge is 0.263 e. The van der Waals surface area contributed by atoms with Crippen molar-refractivity contribution in [3.05, 3.63) is 52.3 Å². The van der Waals surface area contributed by atoms with Crippen LogP contribution >= 0.6 is 11.3 Å². The molecule has 6 nitrogen and oxygen atoms in total. The molecular formula is C19H20N2O4S2. The molecule has 0 radical (unpaired) electrons. The number of amides is 1. The highest BCUT2D eigenvalue weighted by Crippen LogP contribution is 2.22.